The minimum Gasteiger partial charge on any atom is -0.364 e. The highest BCUT2D eigenvalue weighted by molar-refractivity contribution is 5.88. The number of hydrogen-bond donors (Lipinski definition) is 2. The number of nitrogens with zero attached hydrogens (tertiary/aromatic N) is 3. The highest BCUT2D eigenvalue weighted by atomic mass is 15.2. The Morgan fingerprint density at radius 3 is 2.59 bits per heavy atom. The molecular formula is C22H27N5. The average Bonchev–Trinajstić information content (AvgIpc) is 2.99. The van der Waals surface area contributed by atoms with E-state index in [1.807, 2.05) is 0 Å². The number of aryl methyl sites for hydroxylation is 2. The number of rotatable bonds is 3. The fourth-order valence-electron chi connectivity index (χ4n) is 4.90. The molecule has 5 nitrogen and oxygen atoms in total. The fourth-order valence-corrected chi connectivity index (χ4v) is 4.90. The topological polar surface area (TPSA) is 56.8 Å². The summed E-state index contributed by atoms with van der Waals surface area (Å²) in [6.45, 7) is 9.10. The lowest BCUT2D eigenvalue weighted by atomic mass is 9.79. The molecule has 3 saturated heterocycles. The second-order valence-electron chi connectivity index (χ2n) is 8.22. The maximum atomic E-state index is 4.51. The Labute approximate surface area is 160 Å². The molecule has 1 aromatic carbocycles. The molecule has 3 aromatic rings. The van der Waals surface area contributed by atoms with Crippen LogP contribution in [0.5, 0.6) is 0 Å². The molecule has 0 unspecified atom stereocenters. The minimum absolute atomic E-state index is 0.481. The summed E-state index contributed by atoms with van der Waals surface area (Å²) in [6, 6.07) is 11.7. The summed E-state index contributed by atoms with van der Waals surface area (Å²) >= 11 is 0. The van der Waals surface area contributed by atoms with Gasteiger partial charge in [-0.05, 0) is 82.4 Å². The van der Waals surface area contributed by atoms with Crippen molar-refractivity contribution in [2.45, 2.75) is 45.7 Å². The van der Waals surface area contributed by atoms with Gasteiger partial charge in [-0.1, -0.05) is 6.07 Å². The van der Waals surface area contributed by atoms with Gasteiger partial charge in [0.15, 0.2) is 0 Å². The summed E-state index contributed by atoms with van der Waals surface area (Å²) in [6.07, 6.45) is 2.59. The third-order valence-electron chi connectivity index (χ3n) is 6.76. The van der Waals surface area contributed by atoms with Crippen molar-refractivity contribution in [1.29, 1.82) is 0 Å². The number of nitrogens with one attached hydrogen (secondary N) is 2. The Morgan fingerprint density at radius 2 is 1.89 bits per heavy atom. The van der Waals surface area contributed by atoms with E-state index in [9.17, 15) is 0 Å². The first-order chi connectivity index (χ1) is 13.1. The predicted octanol–water partition coefficient (Wildman–Crippen LogP) is 4.14. The van der Waals surface area contributed by atoms with Crippen molar-refractivity contribution in [3.8, 4) is 11.3 Å². The van der Waals surface area contributed by atoms with Gasteiger partial charge in [0, 0.05) is 34.2 Å². The normalized spacial score (nSPS) is 27.2. The van der Waals surface area contributed by atoms with E-state index in [4.69, 9.17) is 0 Å². The van der Waals surface area contributed by atoms with E-state index in [0.717, 1.165) is 23.0 Å². The summed E-state index contributed by atoms with van der Waals surface area (Å²) in [5, 5.41) is 13.9. The first-order valence-corrected chi connectivity index (χ1v) is 10.0. The molecule has 0 saturated carbocycles. The Morgan fingerprint density at radius 1 is 1.07 bits per heavy atom. The molecule has 3 aliphatic heterocycles. The van der Waals surface area contributed by atoms with Crippen LogP contribution in [0.25, 0.3) is 22.2 Å². The molecule has 0 aliphatic carbocycles. The number of H-pyrrole nitrogens is 1. The van der Waals surface area contributed by atoms with Gasteiger partial charge in [-0.25, -0.2) is 0 Å². The first-order valence-electron chi connectivity index (χ1n) is 10.0. The molecule has 0 amide bonds. The second kappa shape index (κ2) is 6.34. The van der Waals surface area contributed by atoms with Crippen LogP contribution in [0.4, 0.5) is 5.82 Å². The Kier molecular flexibility index (Phi) is 3.93. The van der Waals surface area contributed by atoms with E-state index < -0.39 is 0 Å². The van der Waals surface area contributed by atoms with Gasteiger partial charge in [-0.3, -0.25) is 4.90 Å². The van der Waals surface area contributed by atoms with Crippen molar-refractivity contribution in [2.75, 3.05) is 18.4 Å². The van der Waals surface area contributed by atoms with Gasteiger partial charge in [0.1, 0.15) is 5.82 Å². The number of aromatic nitrogens is 3. The van der Waals surface area contributed by atoms with Crippen molar-refractivity contribution in [2.24, 2.45) is 5.92 Å². The standard InChI is InChI=1S/C22H27N5/c1-13-14(2)23-20-5-4-17(12-18(13)20)19-6-7-21(26-25-19)24-22-15(3)27-10-8-16(22)9-11-27/h4-7,12,15-16,22-23H,8-11H2,1-3H3,(H,24,26)/t15-,22-/m1/s1. The summed E-state index contributed by atoms with van der Waals surface area (Å²) in [7, 11) is 0. The van der Waals surface area contributed by atoms with Crippen molar-refractivity contribution < 1.29 is 0 Å². The molecule has 2 N–H and O–H groups in total. The van der Waals surface area contributed by atoms with Crippen LogP contribution in [0.2, 0.25) is 0 Å². The Hall–Kier alpha value is -2.40. The summed E-state index contributed by atoms with van der Waals surface area (Å²) < 4.78 is 0. The van der Waals surface area contributed by atoms with Crippen molar-refractivity contribution >= 4 is 16.7 Å². The lowest BCUT2D eigenvalue weighted by Crippen LogP contribution is -2.59. The zero-order chi connectivity index (χ0) is 18.5. The number of aromatic amines is 1. The Bertz CT molecular complexity index is 964. The van der Waals surface area contributed by atoms with Crippen LogP contribution >= 0.6 is 0 Å². The van der Waals surface area contributed by atoms with E-state index in [0.29, 0.717) is 12.1 Å². The lowest BCUT2D eigenvalue weighted by Gasteiger charge is -2.50. The Balaban J connectivity index is 1.38. The molecule has 6 rings (SSSR count). The predicted molar refractivity (Wildman–Crippen MR) is 110 cm³/mol. The molecule has 2 atom stereocenters. The quantitative estimate of drug-likeness (QED) is 0.736. The van der Waals surface area contributed by atoms with Gasteiger partial charge in [0.05, 0.1) is 5.69 Å². The number of anilines is 1. The van der Waals surface area contributed by atoms with E-state index in [1.165, 1.54) is 48.1 Å². The highest BCUT2D eigenvalue weighted by Crippen LogP contribution is 2.34. The molecule has 5 heterocycles. The van der Waals surface area contributed by atoms with E-state index >= 15 is 0 Å². The average molecular weight is 361 g/mol. The maximum absolute atomic E-state index is 4.51. The molecule has 3 fully saturated rings. The van der Waals surface area contributed by atoms with Crippen molar-refractivity contribution in [3.63, 3.8) is 0 Å². The lowest BCUT2D eigenvalue weighted by molar-refractivity contribution is 0.0457. The molecule has 27 heavy (non-hydrogen) atoms. The van der Waals surface area contributed by atoms with Crippen LogP contribution in [0, 0.1) is 19.8 Å². The zero-order valence-corrected chi connectivity index (χ0v) is 16.3. The molecular weight excluding hydrogens is 334 g/mol. The molecule has 3 aliphatic rings. The monoisotopic (exact) mass is 361 g/mol. The van der Waals surface area contributed by atoms with Gasteiger partial charge in [0.2, 0.25) is 0 Å². The van der Waals surface area contributed by atoms with Gasteiger partial charge >= 0.3 is 0 Å². The van der Waals surface area contributed by atoms with Crippen molar-refractivity contribution in [1.82, 2.24) is 20.1 Å². The van der Waals surface area contributed by atoms with E-state index in [-0.39, 0.29) is 0 Å². The number of fused-ring (bicyclic) bond motifs is 4. The van der Waals surface area contributed by atoms with Gasteiger partial charge < -0.3 is 10.3 Å². The number of piperidine rings is 3. The van der Waals surface area contributed by atoms with E-state index in [1.54, 1.807) is 0 Å². The van der Waals surface area contributed by atoms with Crippen LogP contribution in [0.15, 0.2) is 30.3 Å². The summed E-state index contributed by atoms with van der Waals surface area (Å²) in [4.78, 5) is 6.02. The largest absolute Gasteiger partial charge is 0.364 e. The smallest absolute Gasteiger partial charge is 0.148 e. The second-order valence-corrected chi connectivity index (χ2v) is 8.22. The van der Waals surface area contributed by atoms with Crippen LogP contribution < -0.4 is 5.32 Å². The number of benzene rings is 1. The minimum atomic E-state index is 0.481. The molecule has 2 aromatic heterocycles. The first kappa shape index (κ1) is 16.8. The third kappa shape index (κ3) is 2.81. The summed E-state index contributed by atoms with van der Waals surface area (Å²) in [5.74, 6) is 1.65. The van der Waals surface area contributed by atoms with Gasteiger partial charge in [-0.15, -0.1) is 10.2 Å². The van der Waals surface area contributed by atoms with Gasteiger partial charge in [-0.2, -0.15) is 0 Å². The SMILES string of the molecule is Cc1[nH]c2ccc(-c3ccc(N[C@H]4C5CCN(CC5)[C@@H]4C)nn3)cc2c1C. The molecule has 0 radical (unpaired) electrons. The highest BCUT2D eigenvalue weighted by Gasteiger charge is 2.39. The zero-order valence-electron chi connectivity index (χ0n) is 16.3. The fraction of sp³-hybridized carbons (Fsp3) is 0.455. The van der Waals surface area contributed by atoms with Crippen LogP contribution in [0.1, 0.15) is 31.0 Å². The molecule has 140 valence electrons. The van der Waals surface area contributed by atoms with Crippen LogP contribution in [-0.4, -0.2) is 45.3 Å². The van der Waals surface area contributed by atoms with E-state index in [2.05, 4.69) is 76.5 Å². The van der Waals surface area contributed by atoms with Gasteiger partial charge in [0.25, 0.3) is 0 Å². The van der Waals surface area contributed by atoms with Crippen LogP contribution in [-0.2, 0) is 0 Å². The molecule has 0 spiro atoms. The van der Waals surface area contributed by atoms with Crippen LogP contribution in [0.3, 0.4) is 0 Å². The molecule has 5 heteroatoms. The van der Waals surface area contributed by atoms with Crippen molar-refractivity contribution in [3.05, 3.63) is 41.6 Å². The number of hydrogen-bond acceptors (Lipinski definition) is 4. The summed E-state index contributed by atoms with van der Waals surface area (Å²) in [5.41, 5.74) is 5.73. The third-order valence-corrected chi connectivity index (χ3v) is 6.76. The molecule has 2 bridgehead atoms. The maximum Gasteiger partial charge on any atom is 0.148 e.